The van der Waals surface area contributed by atoms with Gasteiger partial charge in [-0.05, 0) is 80.5 Å². The summed E-state index contributed by atoms with van der Waals surface area (Å²) in [5.74, 6) is -0.344. The van der Waals surface area contributed by atoms with Crippen LogP contribution in [0.4, 0.5) is 0 Å². The van der Waals surface area contributed by atoms with Crippen molar-refractivity contribution in [2.24, 2.45) is 0 Å². The number of aryl methyl sites for hydroxylation is 1. The topological polar surface area (TPSA) is 68.6 Å². The Morgan fingerprint density at radius 2 is 1.91 bits per heavy atom. The molecule has 2 aromatic heterocycles. The Hall–Kier alpha value is -3.23. The molecular formula is C26H30N4O3S. The average molecular weight is 479 g/mol. The van der Waals surface area contributed by atoms with Gasteiger partial charge in [-0.15, -0.1) is 0 Å². The van der Waals surface area contributed by atoms with Crippen LogP contribution in [0.15, 0.2) is 54.7 Å². The number of nitrogens with one attached hydrogen (secondary N) is 1. The molecule has 1 aliphatic rings. The first-order chi connectivity index (χ1) is 16.5. The molecule has 0 bridgehead atoms. The number of methoxy groups -OCH3 is 2. The molecule has 34 heavy (non-hydrogen) atoms. The summed E-state index contributed by atoms with van der Waals surface area (Å²) in [5.41, 5.74) is 5.89. The Morgan fingerprint density at radius 1 is 1.15 bits per heavy atom. The number of hydrogen-bond donors (Lipinski definition) is 1. The summed E-state index contributed by atoms with van der Waals surface area (Å²) in [6, 6.07) is 15.6. The number of carbonyl (C=O) groups excluding carboxylic acids is 1. The van der Waals surface area contributed by atoms with E-state index >= 15 is 0 Å². The first-order valence-corrected chi connectivity index (χ1v) is 11.7. The number of pyridine rings is 1. The van der Waals surface area contributed by atoms with E-state index in [9.17, 15) is 4.79 Å². The second-order valence-electron chi connectivity index (χ2n) is 8.37. The third kappa shape index (κ3) is 4.56. The van der Waals surface area contributed by atoms with E-state index in [1.54, 1.807) is 19.2 Å². The molecule has 0 spiro atoms. The summed E-state index contributed by atoms with van der Waals surface area (Å²) >= 11 is 5.77. The number of aromatic nitrogens is 2. The molecule has 0 saturated carbocycles. The molecule has 0 aliphatic carbocycles. The standard InChI is InChI=1S/C26H30N4O3S/c1-17-16-21(18(2)30(17)20-11-9-19(10-12-20)25(31)33-4)24-23(22-8-5-6-13-27-22)28-26(34)29(24)14-7-15-32-3/h5-6,8-13,16,23-24H,7,14-15H2,1-4H3,(H,28,34)/t23-,24-/m1/s1. The number of esters is 1. The van der Waals surface area contributed by atoms with Crippen LogP contribution in [-0.4, -0.2) is 52.9 Å². The molecule has 3 aromatic rings. The van der Waals surface area contributed by atoms with Gasteiger partial charge in [0, 0.05) is 43.5 Å². The summed E-state index contributed by atoms with van der Waals surface area (Å²) < 4.78 is 12.3. The van der Waals surface area contributed by atoms with Gasteiger partial charge in [-0.2, -0.15) is 0 Å². The number of carbonyl (C=O) groups is 1. The molecule has 7 nitrogen and oxygen atoms in total. The van der Waals surface area contributed by atoms with Crippen LogP contribution in [0.1, 0.15) is 51.5 Å². The van der Waals surface area contributed by atoms with E-state index in [-0.39, 0.29) is 18.1 Å². The third-order valence-corrected chi connectivity index (χ3v) is 6.63. The van der Waals surface area contributed by atoms with Crippen molar-refractivity contribution in [3.05, 3.63) is 82.9 Å². The van der Waals surface area contributed by atoms with Gasteiger partial charge in [0.1, 0.15) is 0 Å². The lowest BCUT2D eigenvalue weighted by Crippen LogP contribution is -2.31. The third-order valence-electron chi connectivity index (χ3n) is 6.28. The van der Waals surface area contributed by atoms with Crippen molar-refractivity contribution in [1.29, 1.82) is 0 Å². The minimum atomic E-state index is -0.344. The molecule has 0 radical (unpaired) electrons. The number of nitrogens with zero attached hydrogens (tertiary/aromatic N) is 3. The smallest absolute Gasteiger partial charge is 0.337 e. The number of hydrogen-bond acceptors (Lipinski definition) is 5. The van der Waals surface area contributed by atoms with Gasteiger partial charge in [-0.25, -0.2) is 4.79 Å². The second-order valence-corrected chi connectivity index (χ2v) is 8.75. The SMILES string of the molecule is COCCCN1C(=S)N[C@H](c2ccccn2)[C@H]1c1cc(C)n(-c2ccc(C(=O)OC)cc2)c1C. The monoisotopic (exact) mass is 478 g/mol. The van der Waals surface area contributed by atoms with Crippen LogP contribution in [0.25, 0.3) is 5.69 Å². The molecule has 8 heteroatoms. The maximum Gasteiger partial charge on any atom is 0.337 e. The normalized spacial score (nSPS) is 17.6. The lowest BCUT2D eigenvalue weighted by Gasteiger charge is -2.28. The Morgan fingerprint density at radius 3 is 2.56 bits per heavy atom. The van der Waals surface area contributed by atoms with Crippen molar-refractivity contribution in [3.8, 4) is 5.69 Å². The quantitative estimate of drug-likeness (QED) is 0.294. The zero-order valence-corrected chi connectivity index (χ0v) is 20.8. The molecule has 1 aromatic carbocycles. The molecule has 0 unspecified atom stereocenters. The summed E-state index contributed by atoms with van der Waals surface area (Å²) in [6.07, 6.45) is 2.69. The van der Waals surface area contributed by atoms with Crippen molar-refractivity contribution in [2.75, 3.05) is 27.4 Å². The summed E-state index contributed by atoms with van der Waals surface area (Å²) in [5, 5.41) is 4.24. The van der Waals surface area contributed by atoms with Gasteiger partial charge in [0.15, 0.2) is 5.11 Å². The maximum absolute atomic E-state index is 11.9. The molecule has 2 atom stereocenters. The summed E-state index contributed by atoms with van der Waals surface area (Å²) in [4.78, 5) is 18.7. The largest absolute Gasteiger partial charge is 0.465 e. The van der Waals surface area contributed by atoms with Crippen LogP contribution in [0.3, 0.4) is 0 Å². The van der Waals surface area contributed by atoms with Gasteiger partial charge < -0.3 is 24.3 Å². The van der Waals surface area contributed by atoms with E-state index in [1.807, 2.05) is 36.5 Å². The maximum atomic E-state index is 11.9. The molecule has 1 N–H and O–H groups in total. The van der Waals surface area contributed by atoms with E-state index in [1.165, 1.54) is 12.7 Å². The van der Waals surface area contributed by atoms with Crippen LogP contribution in [0.2, 0.25) is 0 Å². The van der Waals surface area contributed by atoms with Crippen LogP contribution in [-0.2, 0) is 9.47 Å². The van der Waals surface area contributed by atoms with Gasteiger partial charge in [0.05, 0.1) is 30.5 Å². The number of thiocarbonyl (C=S) groups is 1. The summed E-state index contributed by atoms with van der Waals surface area (Å²) in [7, 11) is 3.10. The second kappa shape index (κ2) is 10.4. The van der Waals surface area contributed by atoms with Crippen LogP contribution in [0, 0.1) is 13.8 Å². The fourth-order valence-electron chi connectivity index (χ4n) is 4.71. The Kier molecular flexibility index (Phi) is 7.29. The van der Waals surface area contributed by atoms with Crippen LogP contribution in [0.5, 0.6) is 0 Å². The molecule has 3 heterocycles. The Labute approximate surface area is 205 Å². The van der Waals surface area contributed by atoms with Gasteiger partial charge in [0.25, 0.3) is 0 Å². The Bertz CT molecular complexity index is 1160. The zero-order valence-electron chi connectivity index (χ0n) is 19.9. The van der Waals surface area contributed by atoms with Gasteiger partial charge in [0.2, 0.25) is 0 Å². The molecule has 1 aliphatic heterocycles. The molecule has 4 rings (SSSR count). The van der Waals surface area contributed by atoms with Gasteiger partial charge in [-0.3, -0.25) is 4.98 Å². The molecule has 1 saturated heterocycles. The minimum Gasteiger partial charge on any atom is -0.465 e. The summed E-state index contributed by atoms with van der Waals surface area (Å²) in [6.45, 7) is 5.67. The first-order valence-electron chi connectivity index (χ1n) is 11.3. The lowest BCUT2D eigenvalue weighted by atomic mass is 9.96. The van der Waals surface area contributed by atoms with Crippen molar-refractivity contribution in [1.82, 2.24) is 19.8 Å². The highest BCUT2D eigenvalue weighted by Crippen LogP contribution is 2.41. The molecule has 1 fully saturated rings. The van der Waals surface area contributed by atoms with E-state index in [4.69, 9.17) is 21.7 Å². The molecule has 0 amide bonds. The van der Waals surface area contributed by atoms with Gasteiger partial charge in [-0.1, -0.05) is 6.07 Å². The predicted octanol–water partition coefficient (Wildman–Crippen LogP) is 4.28. The van der Waals surface area contributed by atoms with E-state index < -0.39 is 0 Å². The van der Waals surface area contributed by atoms with Crippen molar-refractivity contribution < 1.29 is 14.3 Å². The highest BCUT2D eigenvalue weighted by atomic mass is 32.1. The highest BCUT2D eigenvalue weighted by Gasteiger charge is 2.41. The number of rotatable bonds is 8. The van der Waals surface area contributed by atoms with E-state index in [0.29, 0.717) is 12.2 Å². The van der Waals surface area contributed by atoms with Crippen molar-refractivity contribution in [2.45, 2.75) is 32.4 Å². The van der Waals surface area contributed by atoms with E-state index in [2.05, 4.69) is 39.7 Å². The lowest BCUT2D eigenvalue weighted by molar-refractivity contribution is 0.0600. The van der Waals surface area contributed by atoms with Crippen molar-refractivity contribution in [3.63, 3.8) is 0 Å². The zero-order chi connectivity index (χ0) is 24.2. The molecule has 178 valence electrons. The van der Waals surface area contributed by atoms with E-state index in [0.717, 1.165) is 40.8 Å². The molecular weight excluding hydrogens is 448 g/mol. The van der Waals surface area contributed by atoms with Gasteiger partial charge >= 0.3 is 5.97 Å². The number of benzene rings is 1. The average Bonchev–Trinajstić information content (AvgIpc) is 3.34. The number of ether oxygens (including phenoxy) is 2. The van der Waals surface area contributed by atoms with Crippen LogP contribution < -0.4 is 5.32 Å². The fourth-order valence-corrected chi connectivity index (χ4v) is 5.04. The first kappa shape index (κ1) is 23.9. The predicted molar refractivity (Wildman–Crippen MR) is 135 cm³/mol. The fraction of sp³-hybridized carbons (Fsp3) is 0.346. The Balaban J connectivity index is 1.75. The van der Waals surface area contributed by atoms with Crippen LogP contribution >= 0.6 is 12.2 Å². The highest BCUT2D eigenvalue weighted by molar-refractivity contribution is 7.80. The van der Waals surface area contributed by atoms with Crippen molar-refractivity contribution >= 4 is 23.3 Å². The minimum absolute atomic E-state index is 0.00597.